The fourth-order valence-electron chi connectivity index (χ4n) is 2.47. The molecule has 0 N–H and O–H groups in total. The van der Waals surface area contributed by atoms with E-state index in [4.69, 9.17) is 0 Å². The summed E-state index contributed by atoms with van der Waals surface area (Å²) in [6.45, 7) is 4.19. The molecule has 0 radical (unpaired) electrons. The van der Waals surface area contributed by atoms with Crippen LogP contribution in [0.1, 0.15) is 11.3 Å². The quantitative estimate of drug-likeness (QED) is 0.556. The maximum Gasteiger partial charge on any atom is 0.0704 e. The van der Waals surface area contributed by atoms with Crippen molar-refractivity contribution in [1.29, 1.82) is 0 Å². The Morgan fingerprint density at radius 2 is 1.88 bits per heavy atom. The number of aryl methyl sites for hydroxylation is 3. The Balaban J connectivity index is 2.64. The van der Waals surface area contributed by atoms with Crippen molar-refractivity contribution in [2.45, 2.75) is 13.8 Å². The number of hydrogen-bond donors (Lipinski definition) is 0. The van der Waals surface area contributed by atoms with Crippen LogP contribution in [0, 0.1) is 13.8 Å². The monoisotopic (exact) mass is 210 g/mol. The van der Waals surface area contributed by atoms with E-state index in [1.807, 2.05) is 6.20 Å². The van der Waals surface area contributed by atoms with E-state index in [9.17, 15) is 0 Å². The van der Waals surface area contributed by atoms with Gasteiger partial charge in [-0.25, -0.2) is 0 Å². The summed E-state index contributed by atoms with van der Waals surface area (Å²) in [5, 5.41) is 2.61. The summed E-state index contributed by atoms with van der Waals surface area (Å²) in [5.41, 5.74) is 4.91. The topological polar surface area (TPSA) is 17.8 Å². The van der Waals surface area contributed by atoms with Gasteiger partial charge in [0.2, 0.25) is 0 Å². The molecule has 0 aliphatic rings. The van der Waals surface area contributed by atoms with Crippen LogP contribution < -0.4 is 0 Å². The first-order valence-electron chi connectivity index (χ1n) is 5.49. The summed E-state index contributed by atoms with van der Waals surface area (Å²) in [4.78, 5) is 4.37. The number of benzene rings is 1. The summed E-state index contributed by atoms with van der Waals surface area (Å²) in [6.07, 6.45) is 1.89. The Hall–Kier alpha value is -1.83. The van der Waals surface area contributed by atoms with Crippen LogP contribution in [-0.2, 0) is 7.05 Å². The first-order valence-corrected chi connectivity index (χ1v) is 5.49. The smallest absolute Gasteiger partial charge is 0.0704 e. The van der Waals surface area contributed by atoms with Crippen LogP contribution in [0.3, 0.4) is 0 Å². The van der Waals surface area contributed by atoms with Gasteiger partial charge in [-0.1, -0.05) is 12.1 Å². The van der Waals surface area contributed by atoms with Crippen LogP contribution in [0.4, 0.5) is 0 Å². The van der Waals surface area contributed by atoms with Gasteiger partial charge in [0.15, 0.2) is 0 Å². The first-order chi connectivity index (χ1) is 7.68. The molecule has 0 bridgehead atoms. The average molecular weight is 210 g/mol. The van der Waals surface area contributed by atoms with Crippen LogP contribution in [0.5, 0.6) is 0 Å². The zero-order valence-electron chi connectivity index (χ0n) is 9.78. The molecule has 0 spiro atoms. The molecule has 0 saturated heterocycles. The van der Waals surface area contributed by atoms with Gasteiger partial charge in [0.1, 0.15) is 0 Å². The van der Waals surface area contributed by atoms with E-state index in [0.29, 0.717) is 0 Å². The molecule has 3 aromatic rings. The zero-order valence-corrected chi connectivity index (χ0v) is 9.78. The normalized spacial score (nSPS) is 11.4. The van der Waals surface area contributed by atoms with Crippen LogP contribution >= 0.6 is 0 Å². The maximum atomic E-state index is 4.37. The van der Waals surface area contributed by atoms with E-state index in [-0.39, 0.29) is 0 Å². The summed E-state index contributed by atoms with van der Waals surface area (Å²) in [6, 6.07) is 8.69. The van der Waals surface area contributed by atoms with Crippen molar-refractivity contribution < 1.29 is 0 Å². The minimum Gasteiger partial charge on any atom is -0.342 e. The average Bonchev–Trinajstić information content (AvgIpc) is 2.54. The van der Waals surface area contributed by atoms with Gasteiger partial charge in [-0.3, -0.25) is 4.98 Å². The van der Waals surface area contributed by atoms with E-state index < -0.39 is 0 Å². The van der Waals surface area contributed by atoms with Gasteiger partial charge in [-0.15, -0.1) is 0 Å². The van der Waals surface area contributed by atoms with Gasteiger partial charge in [-0.2, -0.15) is 0 Å². The third-order valence-corrected chi connectivity index (χ3v) is 3.25. The summed E-state index contributed by atoms with van der Waals surface area (Å²) >= 11 is 0. The number of hydrogen-bond acceptors (Lipinski definition) is 1. The third kappa shape index (κ3) is 1.10. The fourth-order valence-corrected chi connectivity index (χ4v) is 2.47. The Bertz CT molecular complexity index is 693. The molecule has 2 nitrogen and oxygen atoms in total. The number of aromatic nitrogens is 2. The van der Waals surface area contributed by atoms with Crippen molar-refractivity contribution in [3.8, 4) is 0 Å². The number of pyridine rings is 1. The predicted molar refractivity (Wildman–Crippen MR) is 67.7 cm³/mol. The van der Waals surface area contributed by atoms with Gasteiger partial charge >= 0.3 is 0 Å². The second-order valence-corrected chi connectivity index (χ2v) is 4.37. The molecule has 2 heteroatoms. The second-order valence-electron chi connectivity index (χ2n) is 4.37. The fraction of sp³-hybridized carbons (Fsp3) is 0.214. The van der Waals surface area contributed by atoms with Crippen molar-refractivity contribution in [3.63, 3.8) is 0 Å². The molecule has 1 aromatic carbocycles. The molecule has 0 fully saturated rings. The Labute approximate surface area is 94.5 Å². The van der Waals surface area contributed by atoms with E-state index in [1.165, 1.54) is 27.4 Å². The number of rotatable bonds is 0. The van der Waals surface area contributed by atoms with E-state index >= 15 is 0 Å². The molecule has 16 heavy (non-hydrogen) atoms. The first kappa shape index (κ1) is 9.40. The highest BCUT2D eigenvalue weighted by Gasteiger charge is 2.09. The molecule has 0 unspecified atom stereocenters. The molecule has 0 amide bonds. The molecule has 2 aromatic heterocycles. The summed E-state index contributed by atoms with van der Waals surface area (Å²) < 4.78 is 2.24. The molecule has 0 atom stereocenters. The minimum atomic E-state index is 1.09. The second kappa shape index (κ2) is 3.08. The van der Waals surface area contributed by atoms with Crippen LogP contribution in [0.2, 0.25) is 0 Å². The highest BCUT2D eigenvalue weighted by atomic mass is 15.0. The third-order valence-electron chi connectivity index (χ3n) is 3.25. The Morgan fingerprint density at radius 1 is 1.06 bits per heavy atom. The summed E-state index contributed by atoms with van der Waals surface area (Å²) in [7, 11) is 2.11. The highest BCUT2D eigenvalue weighted by Crippen LogP contribution is 2.29. The molecular formula is C14H14N2. The van der Waals surface area contributed by atoms with Crippen molar-refractivity contribution in [3.05, 3.63) is 41.7 Å². The minimum absolute atomic E-state index is 1.09. The van der Waals surface area contributed by atoms with Gasteiger partial charge < -0.3 is 4.57 Å². The molecule has 0 aliphatic carbocycles. The predicted octanol–water partition coefficient (Wildman–Crippen LogP) is 3.34. The van der Waals surface area contributed by atoms with E-state index in [2.05, 4.69) is 54.7 Å². The maximum absolute atomic E-state index is 4.37. The van der Waals surface area contributed by atoms with Crippen LogP contribution in [0.25, 0.3) is 21.8 Å². The van der Waals surface area contributed by atoms with Crippen molar-refractivity contribution in [2.75, 3.05) is 0 Å². The summed E-state index contributed by atoms with van der Waals surface area (Å²) in [5.74, 6) is 0. The molecule has 3 rings (SSSR count). The van der Waals surface area contributed by atoms with Gasteiger partial charge in [-0.05, 0) is 31.5 Å². The number of nitrogens with zero attached hydrogens (tertiary/aromatic N) is 2. The van der Waals surface area contributed by atoms with Gasteiger partial charge in [0.25, 0.3) is 0 Å². The van der Waals surface area contributed by atoms with Gasteiger partial charge in [0.05, 0.1) is 11.2 Å². The SMILES string of the molecule is Cc1ccc2c3ccnc(C)c3n(C)c2c1. The van der Waals surface area contributed by atoms with Gasteiger partial charge in [0, 0.05) is 29.5 Å². The molecule has 80 valence electrons. The van der Waals surface area contributed by atoms with Crippen LogP contribution in [0.15, 0.2) is 30.5 Å². The van der Waals surface area contributed by atoms with E-state index in [1.54, 1.807) is 0 Å². The number of fused-ring (bicyclic) bond motifs is 3. The standard InChI is InChI=1S/C14H14N2/c1-9-4-5-11-12-6-7-15-10(2)14(12)16(3)13(11)8-9/h4-8H,1-3H3. The molecular weight excluding hydrogens is 196 g/mol. The highest BCUT2D eigenvalue weighted by molar-refractivity contribution is 6.08. The molecule has 2 heterocycles. The Kier molecular flexibility index (Phi) is 1.81. The zero-order chi connectivity index (χ0) is 11.3. The molecule has 0 saturated carbocycles. The lowest BCUT2D eigenvalue weighted by Crippen LogP contribution is -1.90. The van der Waals surface area contributed by atoms with Crippen molar-refractivity contribution >= 4 is 21.8 Å². The molecule has 0 aliphatic heterocycles. The van der Waals surface area contributed by atoms with Crippen LogP contribution in [-0.4, -0.2) is 9.55 Å². The van der Waals surface area contributed by atoms with E-state index in [0.717, 1.165) is 5.69 Å². The van der Waals surface area contributed by atoms with Crippen molar-refractivity contribution in [2.24, 2.45) is 7.05 Å². The largest absolute Gasteiger partial charge is 0.342 e. The lowest BCUT2D eigenvalue weighted by Gasteiger charge is -2.00. The Morgan fingerprint density at radius 3 is 2.69 bits per heavy atom. The van der Waals surface area contributed by atoms with Crippen molar-refractivity contribution in [1.82, 2.24) is 9.55 Å². The lowest BCUT2D eigenvalue weighted by atomic mass is 10.1. The lowest BCUT2D eigenvalue weighted by molar-refractivity contribution is 0.996.